The lowest BCUT2D eigenvalue weighted by Gasteiger charge is -2.25. The van der Waals surface area contributed by atoms with E-state index in [2.05, 4.69) is 0 Å². The molecule has 0 bridgehead atoms. The fourth-order valence-electron chi connectivity index (χ4n) is 2.26. The Hall–Kier alpha value is -1.06. The van der Waals surface area contributed by atoms with Crippen LogP contribution < -0.4 is 0 Å². The minimum atomic E-state index is -0.472. The lowest BCUT2D eigenvalue weighted by molar-refractivity contribution is -0.156. The van der Waals surface area contributed by atoms with E-state index in [4.69, 9.17) is 4.74 Å². The minimum Gasteiger partial charge on any atom is -0.460 e. The molecule has 1 saturated heterocycles. The molecule has 0 saturated carbocycles. The van der Waals surface area contributed by atoms with Crippen LogP contribution in [-0.2, 0) is 14.3 Å². The second-order valence-electron chi connectivity index (χ2n) is 6.23. The molecule has 0 atom stereocenters. The van der Waals surface area contributed by atoms with Crippen LogP contribution in [0.5, 0.6) is 0 Å². The molecular weight excluding hydrogens is 242 g/mol. The summed E-state index contributed by atoms with van der Waals surface area (Å²) in [5.41, 5.74) is -0.472. The predicted octanol–water partition coefficient (Wildman–Crippen LogP) is 2.90. The smallest absolute Gasteiger partial charge is 0.306 e. The average Bonchev–Trinajstić information content (AvgIpc) is 2.23. The van der Waals surface area contributed by atoms with Crippen molar-refractivity contribution >= 4 is 11.9 Å². The maximum Gasteiger partial charge on any atom is 0.306 e. The number of hydrogen-bond acceptors (Lipinski definition) is 3. The van der Waals surface area contributed by atoms with Gasteiger partial charge < -0.3 is 9.64 Å². The van der Waals surface area contributed by atoms with Crippen LogP contribution in [0.3, 0.4) is 0 Å². The van der Waals surface area contributed by atoms with E-state index in [9.17, 15) is 9.59 Å². The highest BCUT2D eigenvalue weighted by Gasteiger charge is 2.19. The minimum absolute atomic E-state index is 0.0905. The van der Waals surface area contributed by atoms with Crippen LogP contribution in [0.15, 0.2) is 0 Å². The molecule has 4 heteroatoms. The molecule has 1 heterocycles. The van der Waals surface area contributed by atoms with Crippen molar-refractivity contribution in [1.29, 1.82) is 0 Å². The van der Waals surface area contributed by atoms with Gasteiger partial charge in [-0.05, 0) is 33.6 Å². The van der Waals surface area contributed by atoms with E-state index in [0.29, 0.717) is 0 Å². The molecule has 0 N–H and O–H groups in total. The summed E-state index contributed by atoms with van der Waals surface area (Å²) in [5, 5.41) is 0. The van der Waals surface area contributed by atoms with E-state index < -0.39 is 5.60 Å². The number of carbonyl (C=O) groups is 2. The van der Waals surface area contributed by atoms with E-state index in [1.807, 2.05) is 25.7 Å². The van der Waals surface area contributed by atoms with Gasteiger partial charge in [-0.25, -0.2) is 0 Å². The molecule has 1 aliphatic rings. The van der Waals surface area contributed by atoms with Gasteiger partial charge in [0.05, 0.1) is 6.42 Å². The zero-order chi connectivity index (χ0) is 14.3. The Balaban J connectivity index is 2.31. The Morgan fingerprint density at radius 2 is 1.47 bits per heavy atom. The van der Waals surface area contributed by atoms with E-state index in [0.717, 1.165) is 25.9 Å². The Kier molecular flexibility index (Phi) is 6.32. The van der Waals surface area contributed by atoms with Crippen LogP contribution in [0, 0.1) is 0 Å². The average molecular weight is 269 g/mol. The number of hydrogen-bond donors (Lipinski definition) is 0. The highest BCUT2D eigenvalue weighted by atomic mass is 16.6. The maximum atomic E-state index is 12.1. The Bertz CT molecular complexity index is 299. The molecule has 1 amide bonds. The van der Waals surface area contributed by atoms with E-state index in [1.54, 1.807) is 0 Å². The van der Waals surface area contributed by atoms with Crippen molar-refractivity contribution in [3.63, 3.8) is 0 Å². The van der Waals surface area contributed by atoms with Crippen LogP contribution in [0.2, 0.25) is 0 Å². The quantitative estimate of drug-likeness (QED) is 0.740. The number of ether oxygens (including phenoxy) is 1. The summed E-state index contributed by atoms with van der Waals surface area (Å²) in [5.74, 6) is -0.194. The zero-order valence-electron chi connectivity index (χ0n) is 12.5. The molecule has 0 aromatic carbocycles. The summed E-state index contributed by atoms with van der Waals surface area (Å²) in [6.45, 7) is 7.20. The first-order chi connectivity index (χ1) is 8.88. The lowest BCUT2D eigenvalue weighted by atomic mass is 10.1. The first-order valence-electron chi connectivity index (χ1n) is 7.38. The molecule has 1 fully saturated rings. The highest BCUT2D eigenvalue weighted by Crippen LogP contribution is 2.13. The molecular formula is C15H27NO3. The topological polar surface area (TPSA) is 46.6 Å². The van der Waals surface area contributed by atoms with Crippen LogP contribution in [0.25, 0.3) is 0 Å². The van der Waals surface area contributed by atoms with Gasteiger partial charge in [0.15, 0.2) is 0 Å². The van der Waals surface area contributed by atoms with Crippen molar-refractivity contribution in [2.75, 3.05) is 13.1 Å². The van der Waals surface area contributed by atoms with Crippen LogP contribution in [0.4, 0.5) is 0 Å². The first-order valence-corrected chi connectivity index (χ1v) is 7.38. The van der Waals surface area contributed by atoms with Gasteiger partial charge in [0.2, 0.25) is 5.91 Å². The zero-order valence-corrected chi connectivity index (χ0v) is 12.5. The molecule has 4 nitrogen and oxygen atoms in total. The normalized spacial score (nSPS) is 17.5. The second-order valence-corrected chi connectivity index (χ2v) is 6.23. The van der Waals surface area contributed by atoms with Crippen molar-refractivity contribution in [1.82, 2.24) is 4.90 Å². The number of esters is 1. The summed E-state index contributed by atoms with van der Waals surface area (Å²) in [7, 11) is 0. The van der Waals surface area contributed by atoms with Gasteiger partial charge >= 0.3 is 5.97 Å². The van der Waals surface area contributed by atoms with Gasteiger partial charge in [-0.15, -0.1) is 0 Å². The molecule has 0 radical (unpaired) electrons. The molecule has 0 spiro atoms. The molecule has 0 aromatic rings. The van der Waals surface area contributed by atoms with Crippen molar-refractivity contribution in [3.05, 3.63) is 0 Å². The molecule has 1 aliphatic heterocycles. The summed E-state index contributed by atoms with van der Waals surface area (Å²) in [6.07, 6.45) is 6.31. The molecule has 0 unspecified atom stereocenters. The van der Waals surface area contributed by atoms with Gasteiger partial charge in [-0.3, -0.25) is 9.59 Å². The summed E-state index contributed by atoms with van der Waals surface area (Å²) < 4.78 is 5.21. The number of carbonyl (C=O) groups excluding carboxylic acids is 2. The summed E-state index contributed by atoms with van der Waals surface area (Å²) in [6, 6.07) is 0. The third-order valence-corrected chi connectivity index (χ3v) is 3.17. The van der Waals surface area contributed by atoms with Gasteiger partial charge in [0, 0.05) is 19.5 Å². The largest absolute Gasteiger partial charge is 0.460 e. The van der Waals surface area contributed by atoms with Gasteiger partial charge in [-0.2, -0.15) is 0 Å². The second kappa shape index (κ2) is 7.51. The monoisotopic (exact) mass is 269 g/mol. The molecule has 0 aliphatic carbocycles. The van der Waals surface area contributed by atoms with Crippen molar-refractivity contribution in [2.45, 2.75) is 71.3 Å². The molecule has 1 rings (SSSR count). The Morgan fingerprint density at radius 1 is 0.947 bits per heavy atom. The maximum absolute atomic E-state index is 12.1. The van der Waals surface area contributed by atoms with Crippen molar-refractivity contribution in [2.24, 2.45) is 0 Å². The van der Waals surface area contributed by atoms with Gasteiger partial charge in [0.1, 0.15) is 5.60 Å². The molecule has 19 heavy (non-hydrogen) atoms. The van der Waals surface area contributed by atoms with Gasteiger partial charge in [0.25, 0.3) is 0 Å². The Labute approximate surface area is 116 Å². The van der Waals surface area contributed by atoms with Crippen LogP contribution in [0.1, 0.15) is 65.7 Å². The highest BCUT2D eigenvalue weighted by molar-refractivity contribution is 5.81. The van der Waals surface area contributed by atoms with E-state index >= 15 is 0 Å². The van der Waals surface area contributed by atoms with Crippen LogP contribution >= 0.6 is 0 Å². The third kappa shape index (κ3) is 7.19. The standard InChI is InChI=1S/C15H27NO3/c1-15(2,3)19-14(18)10-9-13(17)16-11-7-5-4-6-8-12-16/h4-12H2,1-3H3. The number of rotatable bonds is 3. The predicted molar refractivity (Wildman–Crippen MR) is 74.7 cm³/mol. The number of nitrogens with zero attached hydrogens (tertiary/aromatic N) is 1. The van der Waals surface area contributed by atoms with E-state index in [-0.39, 0.29) is 24.7 Å². The third-order valence-electron chi connectivity index (χ3n) is 3.17. The van der Waals surface area contributed by atoms with Crippen molar-refractivity contribution < 1.29 is 14.3 Å². The van der Waals surface area contributed by atoms with Crippen molar-refractivity contribution in [3.8, 4) is 0 Å². The van der Waals surface area contributed by atoms with Crippen LogP contribution in [-0.4, -0.2) is 35.5 Å². The first kappa shape index (κ1) is 16.0. The fraction of sp³-hybridized carbons (Fsp3) is 0.867. The fourth-order valence-corrected chi connectivity index (χ4v) is 2.26. The lowest BCUT2D eigenvalue weighted by Crippen LogP contribution is -2.34. The number of amides is 1. The van der Waals surface area contributed by atoms with Gasteiger partial charge in [-0.1, -0.05) is 19.3 Å². The summed E-state index contributed by atoms with van der Waals surface area (Å²) >= 11 is 0. The number of likely N-dealkylation sites (tertiary alicyclic amines) is 1. The van der Waals surface area contributed by atoms with E-state index in [1.165, 1.54) is 19.3 Å². The molecule has 0 aromatic heterocycles. The Morgan fingerprint density at radius 3 is 2.00 bits per heavy atom. The SMILES string of the molecule is CC(C)(C)OC(=O)CCC(=O)N1CCCCCCC1. The summed E-state index contributed by atoms with van der Waals surface area (Å²) in [4.78, 5) is 25.5. The molecule has 110 valence electrons.